The first kappa shape index (κ1) is 13.8. The van der Waals surface area contributed by atoms with Gasteiger partial charge in [-0.15, -0.1) is 5.10 Å². The average molecular weight is 286 g/mol. The molecule has 0 unspecified atom stereocenters. The summed E-state index contributed by atoms with van der Waals surface area (Å²) in [6, 6.07) is 9.40. The Morgan fingerprint density at radius 2 is 2.00 bits per heavy atom. The molecule has 0 radical (unpaired) electrons. The highest BCUT2D eigenvalue weighted by Gasteiger charge is 2.31. The lowest BCUT2D eigenvalue weighted by Gasteiger charge is -2.21. The zero-order chi connectivity index (χ0) is 14.7. The Bertz CT molecular complexity index is 618. The SMILES string of the molecule is O=C(NCC1(O)CCCC1)c1cnn(-c2ccccc2)n1. The summed E-state index contributed by atoms with van der Waals surface area (Å²) in [7, 11) is 0. The predicted octanol–water partition coefficient (Wildman–Crippen LogP) is 1.30. The molecule has 1 amide bonds. The number of benzene rings is 1. The summed E-state index contributed by atoms with van der Waals surface area (Å²) in [5.74, 6) is -0.308. The summed E-state index contributed by atoms with van der Waals surface area (Å²) in [4.78, 5) is 13.5. The third-order valence-electron chi connectivity index (χ3n) is 3.82. The fraction of sp³-hybridized carbons (Fsp3) is 0.400. The number of hydrogen-bond acceptors (Lipinski definition) is 4. The van der Waals surface area contributed by atoms with E-state index in [9.17, 15) is 9.90 Å². The van der Waals surface area contributed by atoms with Crippen LogP contribution in [0.5, 0.6) is 0 Å². The highest BCUT2D eigenvalue weighted by Crippen LogP contribution is 2.28. The molecule has 0 atom stereocenters. The van der Waals surface area contributed by atoms with Crippen molar-refractivity contribution in [3.63, 3.8) is 0 Å². The number of aliphatic hydroxyl groups is 1. The predicted molar refractivity (Wildman–Crippen MR) is 77.1 cm³/mol. The van der Waals surface area contributed by atoms with Gasteiger partial charge in [0, 0.05) is 6.54 Å². The van der Waals surface area contributed by atoms with Crippen molar-refractivity contribution in [1.82, 2.24) is 20.3 Å². The van der Waals surface area contributed by atoms with Crippen LogP contribution >= 0.6 is 0 Å². The maximum absolute atomic E-state index is 12.1. The molecule has 0 aliphatic heterocycles. The lowest BCUT2D eigenvalue weighted by atomic mass is 10.0. The number of carbonyl (C=O) groups is 1. The van der Waals surface area contributed by atoms with Gasteiger partial charge in [-0.1, -0.05) is 31.0 Å². The molecule has 1 fully saturated rings. The standard InChI is InChI=1S/C15H18N4O2/c20-14(16-11-15(21)8-4-5-9-15)13-10-17-19(18-13)12-6-2-1-3-7-12/h1-3,6-7,10,21H,4-5,8-9,11H2,(H,16,20). The molecule has 6 heteroatoms. The van der Waals surface area contributed by atoms with Crippen LogP contribution in [0.4, 0.5) is 0 Å². The van der Waals surface area contributed by atoms with Gasteiger partial charge in [-0.2, -0.15) is 9.90 Å². The lowest BCUT2D eigenvalue weighted by Crippen LogP contribution is -2.40. The number of aromatic nitrogens is 3. The van der Waals surface area contributed by atoms with Crippen molar-refractivity contribution in [3.05, 3.63) is 42.2 Å². The van der Waals surface area contributed by atoms with Crippen molar-refractivity contribution in [3.8, 4) is 5.69 Å². The van der Waals surface area contributed by atoms with Crippen LogP contribution in [0.1, 0.15) is 36.2 Å². The first-order chi connectivity index (χ1) is 10.2. The second kappa shape index (κ2) is 5.65. The summed E-state index contributed by atoms with van der Waals surface area (Å²) in [6.07, 6.45) is 4.93. The summed E-state index contributed by atoms with van der Waals surface area (Å²) in [5, 5.41) is 21.2. The van der Waals surface area contributed by atoms with Gasteiger partial charge in [0.1, 0.15) is 0 Å². The molecule has 1 saturated carbocycles. The highest BCUT2D eigenvalue weighted by atomic mass is 16.3. The van der Waals surface area contributed by atoms with Crippen LogP contribution in [-0.4, -0.2) is 38.2 Å². The van der Waals surface area contributed by atoms with Gasteiger partial charge in [0.15, 0.2) is 5.69 Å². The van der Waals surface area contributed by atoms with E-state index in [1.54, 1.807) is 0 Å². The molecule has 1 aliphatic rings. The molecule has 6 nitrogen and oxygen atoms in total. The van der Waals surface area contributed by atoms with E-state index in [2.05, 4.69) is 15.5 Å². The first-order valence-corrected chi connectivity index (χ1v) is 7.15. The Morgan fingerprint density at radius 3 is 2.71 bits per heavy atom. The number of carbonyl (C=O) groups excluding carboxylic acids is 1. The molecule has 1 aliphatic carbocycles. The van der Waals surface area contributed by atoms with Crippen LogP contribution in [0, 0.1) is 0 Å². The molecule has 1 aromatic carbocycles. The van der Waals surface area contributed by atoms with Gasteiger partial charge in [-0.3, -0.25) is 4.79 Å². The van der Waals surface area contributed by atoms with Gasteiger partial charge >= 0.3 is 0 Å². The monoisotopic (exact) mass is 286 g/mol. The van der Waals surface area contributed by atoms with Crippen LogP contribution in [-0.2, 0) is 0 Å². The van der Waals surface area contributed by atoms with Gasteiger partial charge in [0.05, 0.1) is 17.5 Å². The molecular formula is C15H18N4O2. The maximum atomic E-state index is 12.1. The number of nitrogens with one attached hydrogen (secondary N) is 1. The Hall–Kier alpha value is -2.21. The molecular weight excluding hydrogens is 268 g/mol. The molecule has 110 valence electrons. The molecule has 2 aromatic rings. The van der Waals surface area contributed by atoms with E-state index in [4.69, 9.17) is 0 Å². The van der Waals surface area contributed by atoms with Crippen molar-refractivity contribution < 1.29 is 9.90 Å². The zero-order valence-electron chi connectivity index (χ0n) is 11.7. The van der Waals surface area contributed by atoms with Crippen LogP contribution < -0.4 is 5.32 Å². The minimum absolute atomic E-state index is 0.250. The number of nitrogens with zero attached hydrogens (tertiary/aromatic N) is 3. The minimum Gasteiger partial charge on any atom is -0.388 e. The second-order valence-corrected chi connectivity index (χ2v) is 5.47. The van der Waals surface area contributed by atoms with Gasteiger partial charge < -0.3 is 10.4 Å². The van der Waals surface area contributed by atoms with Crippen molar-refractivity contribution in [2.75, 3.05) is 6.54 Å². The molecule has 0 saturated heterocycles. The largest absolute Gasteiger partial charge is 0.388 e. The lowest BCUT2D eigenvalue weighted by molar-refractivity contribution is 0.0448. The number of para-hydroxylation sites is 1. The third kappa shape index (κ3) is 3.11. The number of amides is 1. The van der Waals surface area contributed by atoms with E-state index in [0.29, 0.717) is 0 Å². The third-order valence-corrected chi connectivity index (χ3v) is 3.82. The first-order valence-electron chi connectivity index (χ1n) is 7.15. The van der Waals surface area contributed by atoms with Crippen LogP contribution in [0.15, 0.2) is 36.5 Å². The van der Waals surface area contributed by atoms with Crippen molar-refractivity contribution in [2.24, 2.45) is 0 Å². The maximum Gasteiger partial charge on any atom is 0.273 e. The topological polar surface area (TPSA) is 80.0 Å². The highest BCUT2D eigenvalue weighted by molar-refractivity contribution is 5.91. The van der Waals surface area contributed by atoms with Gasteiger partial charge in [0.2, 0.25) is 0 Å². The molecule has 0 spiro atoms. The van der Waals surface area contributed by atoms with E-state index >= 15 is 0 Å². The summed E-state index contributed by atoms with van der Waals surface area (Å²) < 4.78 is 0. The fourth-order valence-corrected chi connectivity index (χ4v) is 2.60. The molecule has 3 rings (SSSR count). The summed E-state index contributed by atoms with van der Waals surface area (Å²) in [6.45, 7) is 0.268. The quantitative estimate of drug-likeness (QED) is 0.888. The van der Waals surface area contributed by atoms with Gasteiger partial charge in [-0.05, 0) is 25.0 Å². The zero-order valence-corrected chi connectivity index (χ0v) is 11.7. The number of rotatable bonds is 4. The van der Waals surface area contributed by atoms with Crippen molar-refractivity contribution >= 4 is 5.91 Å². The second-order valence-electron chi connectivity index (χ2n) is 5.47. The molecule has 1 aromatic heterocycles. The smallest absolute Gasteiger partial charge is 0.273 e. The van der Waals surface area contributed by atoms with Crippen molar-refractivity contribution in [2.45, 2.75) is 31.3 Å². The van der Waals surface area contributed by atoms with E-state index < -0.39 is 5.60 Å². The van der Waals surface area contributed by atoms with E-state index in [0.717, 1.165) is 31.4 Å². The van der Waals surface area contributed by atoms with Crippen LogP contribution in [0.3, 0.4) is 0 Å². The van der Waals surface area contributed by atoms with Gasteiger partial charge in [-0.25, -0.2) is 0 Å². The Kier molecular flexibility index (Phi) is 3.70. The minimum atomic E-state index is -0.759. The Balaban J connectivity index is 1.64. The molecule has 21 heavy (non-hydrogen) atoms. The fourth-order valence-electron chi connectivity index (χ4n) is 2.60. The van der Waals surface area contributed by atoms with E-state index in [1.807, 2.05) is 30.3 Å². The molecule has 1 heterocycles. The van der Waals surface area contributed by atoms with E-state index in [-0.39, 0.29) is 18.1 Å². The van der Waals surface area contributed by atoms with E-state index in [1.165, 1.54) is 11.0 Å². The van der Waals surface area contributed by atoms with Crippen molar-refractivity contribution in [1.29, 1.82) is 0 Å². The van der Waals surface area contributed by atoms with Gasteiger partial charge in [0.25, 0.3) is 5.91 Å². The molecule has 2 N–H and O–H groups in total. The summed E-state index contributed by atoms with van der Waals surface area (Å²) >= 11 is 0. The van der Waals surface area contributed by atoms with Crippen LogP contribution in [0.2, 0.25) is 0 Å². The summed E-state index contributed by atoms with van der Waals surface area (Å²) in [5.41, 5.74) is 0.289. The Labute approximate surface area is 122 Å². The Morgan fingerprint density at radius 1 is 1.29 bits per heavy atom. The average Bonchev–Trinajstić information content (AvgIpc) is 3.16. The molecule has 0 bridgehead atoms. The van der Waals surface area contributed by atoms with Crippen LogP contribution in [0.25, 0.3) is 5.69 Å². The number of hydrogen-bond donors (Lipinski definition) is 2. The normalized spacial score (nSPS) is 16.8.